The number of nitrogens with one attached hydrogen (secondary N) is 1. The number of benzene rings is 1. The van der Waals surface area contributed by atoms with Crippen molar-refractivity contribution in [3.63, 3.8) is 0 Å². The van der Waals surface area contributed by atoms with E-state index in [1.807, 2.05) is 30.6 Å². The lowest BCUT2D eigenvalue weighted by molar-refractivity contribution is 0.659. The third kappa shape index (κ3) is 2.68. The van der Waals surface area contributed by atoms with Crippen LogP contribution >= 0.6 is 0 Å². The molecular formula is C18H17N7. The van der Waals surface area contributed by atoms with Crippen LogP contribution in [0.1, 0.15) is 24.1 Å². The molecule has 7 heteroatoms. The van der Waals surface area contributed by atoms with Crippen LogP contribution in [0.5, 0.6) is 0 Å². The van der Waals surface area contributed by atoms with Crippen molar-refractivity contribution >= 4 is 16.7 Å². The third-order valence-corrected chi connectivity index (χ3v) is 4.25. The Morgan fingerprint density at radius 1 is 1.36 bits per heavy atom. The number of aryl methyl sites for hydroxylation is 1. The first-order chi connectivity index (χ1) is 12.3. The highest BCUT2D eigenvalue weighted by molar-refractivity contribution is 6.00. The van der Waals surface area contributed by atoms with Gasteiger partial charge in [-0.25, -0.2) is 9.97 Å². The first-order valence-electron chi connectivity index (χ1n) is 8.16. The molecule has 3 aromatic rings. The number of hydrogen-bond acceptors (Lipinski definition) is 5. The van der Waals surface area contributed by atoms with Crippen molar-refractivity contribution in [2.45, 2.75) is 20.0 Å². The molecule has 25 heavy (non-hydrogen) atoms. The molecule has 1 aliphatic rings. The number of aromatic nitrogens is 4. The quantitative estimate of drug-likeness (QED) is 0.793. The van der Waals surface area contributed by atoms with Gasteiger partial charge in [0.1, 0.15) is 11.5 Å². The number of rotatable bonds is 4. The summed E-state index contributed by atoms with van der Waals surface area (Å²) in [6.45, 7) is 4.16. The first-order valence-corrected chi connectivity index (χ1v) is 8.16. The van der Waals surface area contributed by atoms with Gasteiger partial charge in [-0.3, -0.25) is 4.99 Å². The summed E-state index contributed by atoms with van der Waals surface area (Å²) in [6, 6.07) is 7.79. The summed E-state index contributed by atoms with van der Waals surface area (Å²) in [5.74, 6) is 1.77. The molecule has 0 spiro atoms. The van der Waals surface area contributed by atoms with E-state index < -0.39 is 0 Å². The number of nitriles is 1. The predicted molar refractivity (Wildman–Crippen MR) is 95.1 cm³/mol. The Balaban J connectivity index is 1.74. The van der Waals surface area contributed by atoms with Gasteiger partial charge in [0.15, 0.2) is 5.82 Å². The van der Waals surface area contributed by atoms with Gasteiger partial charge in [-0.2, -0.15) is 5.26 Å². The smallest absolute Gasteiger partial charge is 0.156 e. The van der Waals surface area contributed by atoms with Crippen molar-refractivity contribution in [3.8, 4) is 6.07 Å². The van der Waals surface area contributed by atoms with Gasteiger partial charge < -0.3 is 14.5 Å². The van der Waals surface area contributed by atoms with E-state index in [2.05, 4.69) is 37.4 Å². The van der Waals surface area contributed by atoms with Gasteiger partial charge in [0.25, 0.3) is 0 Å². The molecule has 0 saturated carbocycles. The molecule has 0 atom stereocenters. The van der Waals surface area contributed by atoms with Gasteiger partial charge in [-0.1, -0.05) is 0 Å². The average molecular weight is 331 g/mol. The predicted octanol–water partition coefficient (Wildman–Crippen LogP) is 2.04. The molecule has 7 nitrogen and oxygen atoms in total. The summed E-state index contributed by atoms with van der Waals surface area (Å²) in [7, 11) is 0. The van der Waals surface area contributed by atoms with Gasteiger partial charge in [-0.05, 0) is 25.1 Å². The second-order valence-corrected chi connectivity index (χ2v) is 5.74. The van der Waals surface area contributed by atoms with E-state index in [-0.39, 0.29) is 0 Å². The average Bonchev–Trinajstić information content (AvgIpc) is 3.25. The minimum absolute atomic E-state index is 0.600. The zero-order valence-corrected chi connectivity index (χ0v) is 13.8. The largest absolute Gasteiger partial charge is 0.384 e. The van der Waals surface area contributed by atoms with E-state index in [0.29, 0.717) is 18.7 Å². The zero-order chi connectivity index (χ0) is 17.2. The number of aliphatic imine (C=N–C) groups is 1. The van der Waals surface area contributed by atoms with Crippen LogP contribution in [-0.4, -0.2) is 31.4 Å². The molecule has 0 unspecified atom stereocenters. The number of hydrogen-bond donors (Lipinski definition) is 1. The van der Waals surface area contributed by atoms with Crippen LogP contribution in [0, 0.1) is 11.3 Å². The molecule has 0 radical (unpaired) electrons. The van der Waals surface area contributed by atoms with Crippen molar-refractivity contribution in [2.75, 3.05) is 6.54 Å². The van der Waals surface area contributed by atoms with E-state index >= 15 is 0 Å². The molecule has 4 rings (SSSR count). The fourth-order valence-corrected chi connectivity index (χ4v) is 3.09. The lowest BCUT2D eigenvalue weighted by Crippen LogP contribution is -2.25. The van der Waals surface area contributed by atoms with Crippen molar-refractivity contribution in [1.29, 1.82) is 5.26 Å². The molecule has 124 valence electrons. The monoisotopic (exact) mass is 331 g/mol. The standard InChI is InChI=1S/C18H17N7/c1-2-25-16-4-3-13(10-19)9-14(16)23-17(25)12-24-8-7-22-18(24)15-11-20-5-6-21-15/h3-9,20H,2,11-12H2,1H3. The second kappa shape index (κ2) is 6.24. The van der Waals surface area contributed by atoms with Crippen LogP contribution in [0.4, 0.5) is 0 Å². The molecule has 3 heterocycles. The van der Waals surface area contributed by atoms with E-state index in [1.54, 1.807) is 12.4 Å². The van der Waals surface area contributed by atoms with E-state index in [9.17, 15) is 0 Å². The Morgan fingerprint density at radius 2 is 2.28 bits per heavy atom. The molecule has 0 fully saturated rings. The lowest BCUT2D eigenvalue weighted by atomic mass is 10.2. The highest BCUT2D eigenvalue weighted by atomic mass is 15.2. The van der Waals surface area contributed by atoms with Gasteiger partial charge in [0.2, 0.25) is 0 Å². The van der Waals surface area contributed by atoms with Crippen LogP contribution in [0.15, 0.2) is 48.0 Å². The van der Waals surface area contributed by atoms with Crippen molar-refractivity contribution in [2.24, 2.45) is 4.99 Å². The summed E-state index contributed by atoms with van der Waals surface area (Å²) in [5, 5.41) is 12.3. The summed E-state index contributed by atoms with van der Waals surface area (Å²) >= 11 is 0. The molecular weight excluding hydrogens is 314 g/mol. The van der Waals surface area contributed by atoms with E-state index in [0.717, 1.165) is 34.9 Å². The summed E-state index contributed by atoms with van der Waals surface area (Å²) in [6.07, 6.45) is 7.28. The molecule has 0 saturated heterocycles. The Hall–Kier alpha value is -3.40. The van der Waals surface area contributed by atoms with Gasteiger partial charge in [0, 0.05) is 31.3 Å². The highest BCUT2D eigenvalue weighted by Crippen LogP contribution is 2.19. The lowest BCUT2D eigenvalue weighted by Gasteiger charge is -2.12. The van der Waals surface area contributed by atoms with E-state index in [1.165, 1.54) is 0 Å². The minimum atomic E-state index is 0.600. The van der Waals surface area contributed by atoms with Gasteiger partial charge in [0.05, 0.1) is 35.8 Å². The van der Waals surface area contributed by atoms with Crippen LogP contribution in [0.25, 0.3) is 11.0 Å². The Morgan fingerprint density at radius 3 is 3.04 bits per heavy atom. The zero-order valence-electron chi connectivity index (χ0n) is 13.8. The fraction of sp³-hybridized carbons (Fsp3) is 0.222. The minimum Gasteiger partial charge on any atom is -0.384 e. The molecule has 0 aliphatic carbocycles. The van der Waals surface area contributed by atoms with Crippen molar-refractivity contribution in [1.82, 2.24) is 24.4 Å². The van der Waals surface area contributed by atoms with Gasteiger partial charge >= 0.3 is 0 Å². The second-order valence-electron chi connectivity index (χ2n) is 5.74. The van der Waals surface area contributed by atoms with Gasteiger partial charge in [-0.15, -0.1) is 0 Å². The molecule has 1 aliphatic heterocycles. The van der Waals surface area contributed by atoms with Crippen LogP contribution < -0.4 is 5.32 Å². The molecule has 1 aromatic carbocycles. The topological polar surface area (TPSA) is 83.8 Å². The molecule has 2 aromatic heterocycles. The number of imidazole rings is 2. The van der Waals surface area contributed by atoms with Crippen LogP contribution in [-0.2, 0) is 13.1 Å². The first kappa shape index (κ1) is 15.1. The Labute approximate surface area is 145 Å². The molecule has 0 amide bonds. The van der Waals surface area contributed by atoms with Crippen LogP contribution in [0.3, 0.4) is 0 Å². The third-order valence-electron chi connectivity index (χ3n) is 4.25. The summed E-state index contributed by atoms with van der Waals surface area (Å²) < 4.78 is 4.22. The Bertz CT molecular complexity index is 1030. The summed E-state index contributed by atoms with van der Waals surface area (Å²) in [4.78, 5) is 13.6. The maximum Gasteiger partial charge on any atom is 0.156 e. The Kier molecular flexibility index (Phi) is 3.78. The fourth-order valence-electron chi connectivity index (χ4n) is 3.09. The van der Waals surface area contributed by atoms with Crippen molar-refractivity contribution < 1.29 is 0 Å². The SMILES string of the molecule is CCn1c(Cn2ccnc2C2=NC=CNC2)nc2cc(C#N)ccc21. The maximum atomic E-state index is 9.10. The molecule has 1 N–H and O–H groups in total. The number of fused-ring (bicyclic) bond motifs is 1. The maximum absolute atomic E-state index is 9.10. The van der Waals surface area contributed by atoms with Crippen LogP contribution in [0.2, 0.25) is 0 Å². The highest BCUT2D eigenvalue weighted by Gasteiger charge is 2.15. The molecule has 0 bridgehead atoms. The van der Waals surface area contributed by atoms with Crippen molar-refractivity contribution in [3.05, 3.63) is 60.2 Å². The summed E-state index contributed by atoms with van der Waals surface area (Å²) in [5.41, 5.74) is 3.41. The number of nitrogens with zero attached hydrogens (tertiary/aromatic N) is 6. The normalized spacial score (nSPS) is 13.5. The van der Waals surface area contributed by atoms with E-state index in [4.69, 9.17) is 10.2 Å².